The fraction of sp³-hybridized carbons (Fsp3) is 0.417. The molecule has 2 heterocycles. The Balaban J connectivity index is 2.14. The maximum atomic E-state index is 12.2. The Morgan fingerprint density at radius 3 is 2.79 bits per heavy atom. The molecule has 1 saturated heterocycles. The van der Waals surface area contributed by atoms with Crippen molar-refractivity contribution in [3.05, 3.63) is 29.0 Å². The van der Waals surface area contributed by atoms with Gasteiger partial charge in [-0.05, 0) is 12.1 Å². The Bertz CT molecular complexity index is 491. The van der Waals surface area contributed by atoms with Crippen molar-refractivity contribution in [2.24, 2.45) is 5.92 Å². The van der Waals surface area contributed by atoms with E-state index in [0.29, 0.717) is 5.02 Å². The van der Waals surface area contributed by atoms with Crippen LogP contribution in [0.4, 0.5) is 0 Å². The van der Waals surface area contributed by atoms with Crippen LogP contribution in [0.15, 0.2) is 18.3 Å². The van der Waals surface area contributed by atoms with E-state index in [9.17, 15) is 9.59 Å². The van der Waals surface area contributed by atoms with Gasteiger partial charge in [-0.3, -0.25) is 9.59 Å². The van der Waals surface area contributed by atoms with Crippen LogP contribution in [0.1, 0.15) is 10.5 Å². The summed E-state index contributed by atoms with van der Waals surface area (Å²) in [6.45, 7) is 0.332. The van der Waals surface area contributed by atoms with Gasteiger partial charge in [0.15, 0.2) is 0 Å². The number of ether oxygens (including phenoxy) is 1. The Kier molecular flexibility index (Phi) is 4.01. The number of carboxylic acid groups (broad SMARTS) is 1. The first-order valence-electron chi connectivity index (χ1n) is 5.70. The third kappa shape index (κ3) is 2.85. The van der Waals surface area contributed by atoms with Crippen LogP contribution in [0.5, 0.6) is 0 Å². The van der Waals surface area contributed by atoms with Gasteiger partial charge in [-0.15, -0.1) is 0 Å². The molecule has 0 aromatic carbocycles. The molecule has 1 aliphatic heterocycles. The average Bonchev–Trinajstić information content (AvgIpc) is 2.87. The van der Waals surface area contributed by atoms with Gasteiger partial charge in [-0.25, -0.2) is 4.98 Å². The summed E-state index contributed by atoms with van der Waals surface area (Å²) in [5.74, 6) is -2.02. The first kappa shape index (κ1) is 13.8. The maximum absolute atomic E-state index is 12.2. The van der Waals surface area contributed by atoms with Crippen molar-refractivity contribution in [1.29, 1.82) is 0 Å². The number of likely N-dealkylation sites (N-methyl/N-ethyl adjacent to an activating group) is 1. The minimum Gasteiger partial charge on any atom is -0.481 e. The number of rotatable bonds is 3. The first-order valence-corrected chi connectivity index (χ1v) is 6.07. The number of aliphatic carboxylic acids is 1. The summed E-state index contributed by atoms with van der Waals surface area (Å²) in [5.41, 5.74) is 0.225. The molecule has 0 radical (unpaired) electrons. The van der Waals surface area contributed by atoms with Gasteiger partial charge in [-0.2, -0.15) is 0 Å². The zero-order valence-corrected chi connectivity index (χ0v) is 11.0. The maximum Gasteiger partial charge on any atom is 0.311 e. The van der Waals surface area contributed by atoms with E-state index in [2.05, 4.69) is 4.98 Å². The highest BCUT2D eigenvalue weighted by Gasteiger charge is 2.38. The third-order valence-corrected chi connectivity index (χ3v) is 3.36. The fourth-order valence-electron chi connectivity index (χ4n) is 1.99. The highest BCUT2D eigenvalue weighted by Crippen LogP contribution is 2.20. The number of aromatic nitrogens is 1. The number of amides is 1. The van der Waals surface area contributed by atoms with Gasteiger partial charge < -0.3 is 14.7 Å². The lowest BCUT2D eigenvalue weighted by molar-refractivity contribution is -0.142. The summed E-state index contributed by atoms with van der Waals surface area (Å²) in [6.07, 6.45) is 1.38. The van der Waals surface area contributed by atoms with Crippen LogP contribution in [0.2, 0.25) is 5.02 Å². The molecule has 102 valence electrons. The van der Waals surface area contributed by atoms with Crippen LogP contribution in [-0.4, -0.2) is 53.2 Å². The van der Waals surface area contributed by atoms with Crippen molar-refractivity contribution in [1.82, 2.24) is 9.88 Å². The third-order valence-electron chi connectivity index (χ3n) is 3.13. The van der Waals surface area contributed by atoms with Gasteiger partial charge in [0.2, 0.25) is 0 Å². The number of halogens is 1. The summed E-state index contributed by atoms with van der Waals surface area (Å²) >= 11 is 5.70. The molecule has 0 spiro atoms. The molecule has 1 aliphatic rings. The standard InChI is InChI=1S/C12H13ClN2O4/c1-15(10-6-19-5-8(10)12(17)18)11(16)9-3-2-7(13)4-14-9/h2-4,8,10H,5-6H2,1H3,(H,17,18). The predicted octanol–water partition coefficient (Wildman–Crippen LogP) is 0.907. The number of carboxylic acids is 1. The summed E-state index contributed by atoms with van der Waals surface area (Å²) in [4.78, 5) is 28.5. The minimum atomic E-state index is -0.966. The SMILES string of the molecule is CN(C(=O)c1ccc(Cl)cn1)C1COCC1C(=O)O. The minimum absolute atomic E-state index is 0.117. The lowest BCUT2D eigenvalue weighted by atomic mass is 10.0. The summed E-state index contributed by atoms with van der Waals surface area (Å²) in [5, 5.41) is 9.51. The molecule has 0 saturated carbocycles. The number of carbonyl (C=O) groups is 2. The van der Waals surface area contributed by atoms with Crippen LogP contribution < -0.4 is 0 Å². The fourth-order valence-corrected chi connectivity index (χ4v) is 2.11. The van der Waals surface area contributed by atoms with E-state index < -0.39 is 17.9 Å². The molecule has 7 heteroatoms. The normalized spacial score (nSPS) is 22.2. The lowest BCUT2D eigenvalue weighted by Crippen LogP contribution is -2.44. The molecule has 2 atom stereocenters. The van der Waals surface area contributed by atoms with Gasteiger partial charge in [-0.1, -0.05) is 11.6 Å². The summed E-state index contributed by atoms with van der Waals surface area (Å²) in [7, 11) is 1.55. The van der Waals surface area contributed by atoms with E-state index >= 15 is 0 Å². The molecule has 1 amide bonds. The molecule has 6 nitrogen and oxygen atoms in total. The molecular formula is C12H13ClN2O4. The molecular weight excluding hydrogens is 272 g/mol. The van der Waals surface area contributed by atoms with Crippen molar-refractivity contribution >= 4 is 23.5 Å². The summed E-state index contributed by atoms with van der Waals surface area (Å²) in [6, 6.07) is 2.59. The second-order valence-electron chi connectivity index (χ2n) is 4.33. The van der Waals surface area contributed by atoms with Crippen LogP contribution in [0, 0.1) is 5.92 Å². The van der Waals surface area contributed by atoms with Crippen LogP contribution >= 0.6 is 11.6 Å². The quantitative estimate of drug-likeness (QED) is 0.892. The van der Waals surface area contributed by atoms with Crippen molar-refractivity contribution in [2.45, 2.75) is 6.04 Å². The van der Waals surface area contributed by atoms with Gasteiger partial charge in [0, 0.05) is 13.2 Å². The van der Waals surface area contributed by atoms with E-state index in [1.54, 1.807) is 13.1 Å². The Labute approximate surface area is 114 Å². The molecule has 1 aromatic heterocycles. The molecule has 1 aromatic rings. The molecule has 2 unspecified atom stereocenters. The van der Waals surface area contributed by atoms with Gasteiger partial charge in [0.1, 0.15) is 11.6 Å². The van der Waals surface area contributed by atoms with Crippen molar-refractivity contribution < 1.29 is 19.4 Å². The number of nitrogens with zero attached hydrogens (tertiary/aromatic N) is 2. The second kappa shape index (κ2) is 5.54. The van der Waals surface area contributed by atoms with E-state index in [1.807, 2.05) is 0 Å². The highest BCUT2D eigenvalue weighted by atomic mass is 35.5. The molecule has 1 fully saturated rings. The highest BCUT2D eigenvalue weighted by molar-refractivity contribution is 6.30. The Morgan fingerprint density at radius 1 is 1.47 bits per heavy atom. The number of pyridine rings is 1. The number of hydrogen-bond donors (Lipinski definition) is 1. The monoisotopic (exact) mass is 284 g/mol. The van der Waals surface area contributed by atoms with Gasteiger partial charge >= 0.3 is 5.97 Å². The van der Waals surface area contributed by atoms with Gasteiger partial charge in [0.25, 0.3) is 5.91 Å². The van der Waals surface area contributed by atoms with E-state index in [0.717, 1.165) is 0 Å². The van der Waals surface area contributed by atoms with Crippen LogP contribution in [0.25, 0.3) is 0 Å². The van der Waals surface area contributed by atoms with E-state index in [1.165, 1.54) is 17.2 Å². The van der Waals surface area contributed by atoms with Gasteiger partial charge in [0.05, 0.1) is 24.3 Å². The van der Waals surface area contributed by atoms with Crippen LogP contribution in [-0.2, 0) is 9.53 Å². The van der Waals surface area contributed by atoms with Crippen molar-refractivity contribution in [2.75, 3.05) is 20.3 Å². The molecule has 2 rings (SSSR count). The topological polar surface area (TPSA) is 79.7 Å². The number of hydrogen-bond acceptors (Lipinski definition) is 4. The molecule has 1 N–H and O–H groups in total. The smallest absolute Gasteiger partial charge is 0.311 e. The van der Waals surface area contributed by atoms with E-state index in [4.69, 9.17) is 21.4 Å². The first-order chi connectivity index (χ1) is 9.00. The number of carbonyl (C=O) groups excluding carboxylic acids is 1. The average molecular weight is 285 g/mol. The predicted molar refractivity (Wildman–Crippen MR) is 67.1 cm³/mol. The van der Waals surface area contributed by atoms with Crippen LogP contribution in [0.3, 0.4) is 0 Å². The molecule has 19 heavy (non-hydrogen) atoms. The lowest BCUT2D eigenvalue weighted by Gasteiger charge is -2.25. The largest absolute Gasteiger partial charge is 0.481 e. The Morgan fingerprint density at radius 2 is 2.21 bits per heavy atom. The van der Waals surface area contributed by atoms with Crippen molar-refractivity contribution in [3.63, 3.8) is 0 Å². The second-order valence-corrected chi connectivity index (χ2v) is 4.76. The summed E-state index contributed by atoms with van der Waals surface area (Å²) < 4.78 is 5.14. The molecule has 0 aliphatic carbocycles. The molecule has 0 bridgehead atoms. The zero-order valence-electron chi connectivity index (χ0n) is 10.2. The zero-order chi connectivity index (χ0) is 14.0. The van der Waals surface area contributed by atoms with E-state index in [-0.39, 0.29) is 24.8 Å². The Hall–Kier alpha value is -1.66. The van der Waals surface area contributed by atoms with Crippen molar-refractivity contribution in [3.8, 4) is 0 Å².